The van der Waals surface area contributed by atoms with Gasteiger partial charge in [-0.3, -0.25) is 4.99 Å². The molecule has 3 aromatic rings. The van der Waals surface area contributed by atoms with Crippen LogP contribution in [0.5, 0.6) is 5.75 Å². The number of nitrogens with zero attached hydrogens (tertiary/aromatic N) is 5. The van der Waals surface area contributed by atoms with E-state index in [1.54, 1.807) is 33.7 Å². The van der Waals surface area contributed by atoms with Gasteiger partial charge < -0.3 is 25.4 Å². The minimum absolute atomic E-state index is 0.303. The van der Waals surface area contributed by atoms with E-state index in [4.69, 9.17) is 20.2 Å². The van der Waals surface area contributed by atoms with Crippen LogP contribution in [0.4, 0.5) is 17.5 Å². The summed E-state index contributed by atoms with van der Waals surface area (Å²) in [6.45, 7) is 1.76. The molecular formula is C24H29N7O2. The lowest BCUT2D eigenvalue weighted by Gasteiger charge is -2.32. The lowest BCUT2D eigenvalue weighted by atomic mass is 10.1. The number of methoxy groups -OCH3 is 2. The third kappa shape index (κ3) is 4.88. The summed E-state index contributed by atoms with van der Waals surface area (Å²) in [4.78, 5) is 20.2. The van der Waals surface area contributed by atoms with Crippen LogP contribution in [0.2, 0.25) is 0 Å². The van der Waals surface area contributed by atoms with Crippen molar-refractivity contribution >= 4 is 40.1 Å². The number of ether oxygens (including phenoxy) is 2. The standard InChI is InChI=1S/C24H29N7O2/c1-26-14-18(13-25)16-4-5-20(21(12-16)33-3)29-24-28-15-17-6-9-27-23(22(17)30-24)31-10-7-19(32-2)8-11-31/h4-6,9,12-15,19H,7-8,10-11,25H2,1-3H3,(H,28,29,30). The van der Waals surface area contributed by atoms with Crippen LogP contribution in [-0.4, -0.2) is 61.6 Å². The van der Waals surface area contributed by atoms with Gasteiger partial charge in [0.15, 0.2) is 5.82 Å². The molecule has 1 aliphatic heterocycles. The molecule has 0 unspecified atom stereocenters. The fourth-order valence-electron chi connectivity index (χ4n) is 3.98. The minimum Gasteiger partial charge on any atom is -0.495 e. The van der Waals surface area contributed by atoms with E-state index in [-0.39, 0.29) is 0 Å². The number of piperidine rings is 1. The third-order valence-corrected chi connectivity index (χ3v) is 5.78. The van der Waals surface area contributed by atoms with Gasteiger partial charge >= 0.3 is 0 Å². The molecule has 0 spiro atoms. The molecule has 1 saturated heterocycles. The Morgan fingerprint density at radius 2 is 2.03 bits per heavy atom. The highest BCUT2D eigenvalue weighted by Gasteiger charge is 2.22. The topological polar surface area (TPSA) is 111 Å². The molecule has 0 radical (unpaired) electrons. The molecule has 1 fully saturated rings. The second-order valence-electron chi connectivity index (χ2n) is 7.74. The van der Waals surface area contributed by atoms with Gasteiger partial charge in [-0.15, -0.1) is 0 Å². The third-order valence-electron chi connectivity index (χ3n) is 5.78. The number of allylic oxidation sites excluding steroid dienone is 1. The van der Waals surface area contributed by atoms with E-state index in [9.17, 15) is 0 Å². The molecule has 9 heteroatoms. The van der Waals surface area contributed by atoms with Gasteiger partial charge in [-0.25, -0.2) is 15.0 Å². The Morgan fingerprint density at radius 1 is 1.21 bits per heavy atom. The second kappa shape index (κ2) is 10.3. The Hall–Kier alpha value is -3.72. The van der Waals surface area contributed by atoms with Crippen molar-refractivity contribution in [3.8, 4) is 5.75 Å². The molecule has 3 heterocycles. The van der Waals surface area contributed by atoms with Crippen molar-refractivity contribution in [3.63, 3.8) is 0 Å². The first-order valence-electron chi connectivity index (χ1n) is 10.9. The van der Waals surface area contributed by atoms with Crippen molar-refractivity contribution in [2.24, 2.45) is 10.7 Å². The lowest BCUT2D eigenvalue weighted by molar-refractivity contribution is 0.0818. The molecule has 0 amide bonds. The largest absolute Gasteiger partial charge is 0.495 e. The molecule has 33 heavy (non-hydrogen) atoms. The van der Waals surface area contributed by atoms with Crippen LogP contribution in [-0.2, 0) is 4.74 Å². The maximum atomic E-state index is 5.74. The smallest absolute Gasteiger partial charge is 0.227 e. The molecule has 172 valence electrons. The molecule has 0 bridgehead atoms. The van der Waals surface area contributed by atoms with Crippen molar-refractivity contribution < 1.29 is 9.47 Å². The van der Waals surface area contributed by atoms with Gasteiger partial charge in [0.1, 0.15) is 11.3 Å². The van der Waals surface area contributed by atoms with Crippen molar-refractivity contribution in [1.29, 1.82) is 0 Å². The Kier molecular flexibility index (Phi) is 6.99. The summed E-state index contributed by atoms with van der Waals surface area (Å²) >= 11 is 0. The summed E-state index contributed by atoms with van der Waals surface area (Å²) in [6, 6.07) is 7.68. The van der Waals surface area contributed by atoms with Crippen LogP contribution in [0.1, 0.15) is 18.4 Å². The first-order valence-corrected chi connectivity index (χ1v) is 10.9. The van der Waals surface area contributed by atoms with E-state index in [0.29, 0.717) is 17.8 Å². The Morgan fingerprint density at radius 3 is 2.73 bits per heavy atom. The average molecular weight is 448 g/mol. The van der Waals surface area contributed by atoms with Crippen molar-refractivity contribution in [1.82, 2.24) is 15.0 Å². The van der Waals surface area contributed by atoms with Crippen molar-refractivity contribution in [2.75, 3.05) is 44.6 Å². The number of anilines is 3. The Labute approximate surface area is 193 Å². The van der Waals surface area contributed by atoms with Gasteiger partial charge in [-0.1, -0.05) is 6.07 Å². The van der Waals surface area contributed by atoms with E-state index in [1.807, 2.05) is 30.5 Å². The van der Waals surface area contributed by atoms with Gasteiger partial charge in [0.2, 0.25) is 5.95 Å². The van der Waals surface area contributed by atoms with Gasteiger partial charge in [0.25, 0.3) is 0 Å². The first kappa shape index (κ1) is 22.5. The Bertz CT molecular complexity index is 1170. The molecule has 4 rings (SSSR count). The quantitative estimate of drug-likeness (QED) is 0.530. The number of benzene rings is 1. The van der Waals surface area contributed by atoms with Crippen LogP contribution >= 0.6 is 0 Å². The van der Waals surface area contributed by atoms with Crippen LogP contribution in [0, 0.1) is 0 Å². The summed E-state index contributed by atoms with van der Waals surface area (Å²) in [7, 11) is 5.10. The zero-order valence-corrected chi connectivity index (χ0v) is 19.2. The maximum absolute atomic E-state index is 5.74. The number of aromatic nitrogens is 3. The van der Waals surface area contributed by atoms with E-state index < -0.39 is 0 Å². The number of nitrogens with one attached hydrogen (secondary N) is 1. The second-order valence-corrected chi connectivity index (χ2v) is 7.74. The summed E-state index contributed by atoms with van der Waals surface area (Å²) in [6.07, 6.45) is 9.08. The van der Waals surface area contributed by atoms with Crippen LogP contribution in [0.15, 0.2) is 47.9 Å². The molecule has 9 nitrogen and oxygen atoms in total. The SMILES string of the molecule is CN=CC(=CN)c1ccc(Nc2ncc3ccnc(N4CCC(OC)CC4)c3n2)c(OC)c1. The fourth-order valence-corrected chi connectivity index (χ4v) is 3.98. The average Bonchev–Trinajstić information content (AvgIpc) is 2.87. The van der Waals surface area contributed by atoms with E-state index >= 15 is 0 Å². The van der Waals surface area contributed by atoms with E-state index in [1.165, 1.54) is 6.20 Å². The highest BCUT2D eigenvalue weighted by Crippen LogP contribution is 2.31. The molecule has 0 saturated carbocycles. The van der Waals surface area contributed by atoms with E-state index in [0.717, 1.165) is 59.5 Å². The highest BCUT2D eigenvalue weighted by molar-refractivity contribution is 6.09. The van der Waals surface area contributed by atoms with Crippen LogP contribution in [0.25, 0.3) is 16.5 Å². The predicted octanol–water partition coefficient (Wildman–Crippen LogP) is 3.39. The van der Waals surface area contributed by atoms with Crippen LogP contribution in [0.3, 0.4) is 0 Å². The normalized spacial score (nSPS) is 15.4. The molecule has 2 aromatic heterocycles. The number of hydrogen-bond donors (Lipinski definition) is 2. The predicted molar refractivity (Wildman–Crippen MR) is 132 cm³/mol. The Balaban J connectivity index is 1.63. The molecule has 0 aliphatic carbocycles. The number of pyridine rings is 1. The zero-order valence-electron chi connectivity index (χ0n) is 19.2. The summed E-state index contributed by atoms with van der Waals surface area (Å²) in [5.74, 6) is 1.98. The number of nitrogens with two attached hydrogens (primary N) is 1. The number of aliphatic imine (C=N–C) groups is 1. The van der Waals surface area contributed by atoms with Gasteiger partial charge in [-0.05, 0) is 36.6 Å². The summed E-state index contributed by atoms with van der Waals surface area (Å²) in [5.41, 5.74) is 9.00. The van der Waals surface area contributed by atoms with Gasteiger partial charge in [0.05, 0.1) is 18.9 Å². The fraction of sp³-hybridized carbons (Fsp3) is 0.333. The molecule has 3 N–H and O–H groups in total. The van der Waals surface area contributed by atoms with Gasteiger partial charge in [0, 0.05) is 63.0 Å². The van der Waals surface area contributed by atoms with Crippen LogP contribution < -0.4 is 20.7 Å². The highest BCUT2D eigenvalue weighted by atomic mass is 16.5. The van der Waals surface area contributed by atoms with E-state index in [2.05, 4.69) is 25.2 Å². The monoisotopic (exact) mass is 447 g/mol. The molecule has 0 atom stereocenters. The maximum Gasteiger partial charge on any atom is 0.227 e. The van der Waals surface area contributed by atoms with Gasteiger partial charge in [-0.2, -0.15) is 0 Å². The zero-order chi connectivity index (χ0) is 23.2. The van der Waals surface area contributed by atoms with Crippen molar-refractivity contribution in [2.45, 2.75) is 18.9 Å². The molecular weight excluding hydrogens is 418 g/mol. The number of hydrogen-bond acceptors (Lipinski definition) is 9. The van der Waals surface area contributed by atoms with Crippen molar-refractivity contribution in [3.05, 3.63) is 48.4 Å². The summed E-state index contributed by atoms with van der Waals surface area (Å²) in [5, 5.41) is 4.22. The number of rotatable bonds is 7. The first-order chi connectivity index (χ1) is 16.2. The molecule has 1 aromatic carbocycles. The summed E-state index contributed by atoms with van der Waals surface area (Å²) < 4.78 is 11.1. The number of fused-ring (bicyclic) bond motifs is 1. The molecule has 1 aliphatic rings. The lowest BCUT2D eigenvalue weighted by Crippen LogP contribution is -2.37. The minimum atomic E-state index is 0.303.